The van der Waals surface area contributed by atoms with Crippen LogP contribution in [0.1, 0.15) is 46.9 Å². The van der Waals surface area contributed by atoms with Crippen molar-refractivity contribution < 1.29 is 19.4 Å². The molecule has 5 aromatic rings. The summed E-state index contributed by atoms with van der Waals surface area (Å²) >= 11 is 0. The molecule has 7 rings (SSSR count). The molecular weight excluding hydrogens is 578 g/mol. The molecule has 2 bridgehead atoms. The smallest absolute Gasteiger partial charge is 0.407 e. The van der Waals surface area contributed by atoms with Gasteiger partial charge in [0, 0.05) is 49.7 Å². The lowest BCUT2D eigenvalue weighted by Gasteiger charge is -2.31. The maximum absolute atomic E-state index is 14.2. The highest BCUT2D eigenvalue weighted by atomic mass is 16.5. The van der Waals surface area contributed by atoms with Crippen molar-refractivity contribution in [1.82, 2.24) is 23.9 Å². The molecule has 9 heteroatoms. The first-order chi connectivity index (χ1) is 22.4. The lowest BCUT2D eigenvalue weighted by Crippen LogP contribution is -2.47. The van der Waals surface area contributed by atoms with Crippen LogP contribution in [0, 0.1) is 5.92 Å². The van der Waals surface area contributed by atoms with Gasteiger partial charge in [-0.05, 0) is 54.5 Å². The molecule has 1 saturated carbocycles. The molecule has 0 radical (unpaired) electrons. The predicted molar refractivity (Wildman–Crippen MR) is 177 cm³/mol. The van der Waals surface area contributed by atoms with Crippen LogP contribution < -0.4 is 4.74 Å². The van der Waals surface area contributed by atoms with Gasteiger partial charge in [-0.25, -0.2) is 9.78 Å². The summed E-state index contributed by atoms with van der Waals surface area (Å²) in [6.07, 6.45) is 3.70. The van der Waals surface area contributed by atoms with Gasteiger partial charge in [0.25, 0.3) is 5.91 Å². The van der Waals surface area contributed by atoms with E-state index in [-0.39, 0.29) is 23.9 Å². The average molecular weight is 618 g/mol. The molecule has 2 aromatic heterocycles. The van der Waals surface area contributed by atoms with Crippen LogP contribution in [0.15, 0.2) is 85.1 Å². The van der Waals surface area contributed by atoms with Crippen LogP contribution in [-0.2, 0) is 26.6 Å². The van der Waals surface area contributed by atoms with Crippen molar-refractivity contribution in [2.45, 2.75) is 51.4 Å². The molecule has 1 aliphatic heterocycles. The number of benzene rings is 3. The van der Waals surface area contributed by atoms with Crippen LogP contribution in [0.25, 0.3) is 22.4 Å². The number of hydrogen-bond acceptors (Lipinski definition) is 4. The Morgan fingerprint density at radius 2 is 1.72 bits per heavy atom. The summed E-state index contributed by atoms with van der Waals surface area (Å²) in [6, 6.07) is 25.4. The monoisotopic (exact) mass is 617 g/mol. The molecule has 46 heavy (non-hydrogen) atoms. The van der Waals surface area contributed by atoms with Crippen LogP contribution in [0.4, 0.5) is 4.79 Å². The van der Waals surface area contributed by atoms with E-state index >= 15 is 0 Å². The van der Waals surface area contributed by atoms with Gasteiger partial charge in [0.2, 0.25) is 0 Å². The minimum atomic E-state index is -0.951. The Balaban J connectivity index is 1.19. The van der Waals surface area contributed by atoms with Crippen molar-refractivity contribution >= 4 is 23.0 Å². The van der Waals surface area contributed by atoms with E-state index in [0.29, 0.717) is 29.9 Å². The zero-order valence-corrected chi connectivity index (χ0v) is 26.5. The highest BCUT2D eigenvalue weighted by molar-refractivity contribution is 6.00. The third-order valence-corrected chi connectivity index (χ3v) is 9.86. The number of fused-ring (bicyclic) bond motifs is 3. The Bertz CT molecular complexity index is 1900. The second-order valence-corrected chi connectivity index (χ2v) is 12.4. The number of likely N-dealkylation sites (tertiary alicyclic amines) is 1. The summed E-state index contributed by atoms with van der Waals surface area (Å²) in [6.45, 7) is 3.77. The Labute approximate surface area is 268 Å². The third-order valence-electron chi connectivity index (χ3n) is 9.86. The number of piperidine rings is 1. The number of carboxylic acid groups (broad SMARTS) is 1. The number of carbonyl (C=O) groups excluding carboxylic acids is 1. The zero-order valence-electron chi connectivity index (χ0n) is 26.5. The first-order valence-electron chi connectivity index (χ1n) is 16.0. The van der Waals surface area contributed by atoms with Crippen LogP contribution >= 0.6 is 0 Å². The van der Waals surface area contributed by atoms with E-state index in [9.17, 15) is 14.7 Å². The molecule has 3 heterocycles. The number of rotatable bonds is 9. The van der Waals surface area contributed by atoms with Crippen LogP contribution in [0.5, 0.6) is 5.75 Å². The van der Waals surface area contributed by atoms with Gasteiger partial charge in [-0.1, -0.05) is 67.6 Å². The average Bonchev–Trinajstić information content (AvgIpc) is 3.85. The van der Waals surface area contributed by atoms with E-state index in [1.807, 2.05) is 59.0 Å². The Morgan fingerprint density at radius 1 is 1.00 bits per heavy atom. The molecule has 9 nitrogen and oxygen atoms in total. The molecule has 2 aliphatic rings. The molecule has 2 fully saturated rings. The first kappa shape index (κ1) is 29.6. The van der Waals surface area contributed by atoms with Gasteiger partial charge in [0.05, 0.1) is 24.7 Å². The van der Waals surface area contributed by atoms with Gasteiger partial charge in [0.1, 0.15) is 17.1 Å². The van der Waals surface area contributed by atoms with Gasteiger partial charge in [0.15, 0.2) is 0 Å². The van der Waals surface area contributed by atoms with E-state index in [2.05, 4.69) is 48.0 Å². The lowest BCUT2D eigenvalue weighted by atomic mass is 10.0. The van der Waals surface area contributed by atoms with Crippen molar-refractivity contribution in [3.05, 3.63) is 107 Å². The largest absolute Gasteiger partial charge is 0.494 e. The summed E-state index contributed by atoms with van der Waals surface area (Å²) in [4.78, 5) is 35.1. The van der Waals surface area contributed by atoms with Crippen molar-refractivity contribution in [3.8, 4) is 17.1 Å². The molecular formula is C37H39N5O4. The van der Waals surface area contributed by atoms with E-state index in [1.54, 1.807) is 13.2 Å². The zero-order chi connectivity index (χ0) is 31.9. The first-order valence-corrected chi connectivity index (χ1v) is 16.0. The summed E-state index contributed by atoms with van der Waals surface area (Å²) in [5.41, 5.74) is 6.44. The maximum Gasteiger partial charge on any atom is 0.407 e. The van der Waals surface area contributed by atoms with E-state index < -0.39 is 6.09 Å². The molecule has 1 N–H and O–H groups in total. The molecule has 1 saturated heterocycles. The fourth-order valence-corrected chi connectivity index (χ4v) is 7.77. The van der Waals surface area contributed by atoms with Crippen molar-refractivity contribution in [2.75, 3.05) is 13.7 Å². The molecule has 1 aliphatic carbocycles. The summed E-state index contributed by atoms with van der Waals surface area (Å²) in [7, 11) is 3.60. The van der Waals surface area contributed by atoms with Crippen LogP contribution in [0.3, 0.4) is 0 Å². The standard InChI is InChI=1S/C37H39N5O4/c1-4-30-28(17-18-40(30)21-24-11-7-5-8-12-24)35-38-29-19-27(20-32(46-3)34(29)39(35)2)36(43)41-23-26-15-16-31(41)33(26)42(37(44)45)22-25-13-9-6-10-14-25/h5-14,17-20,26,31,33H,4,15-16,21-23H2,1-3H3,(H,44,45)/t26-,31-,33-/m1/s1. The number of aryl methyl sites for hydroxylation is 1. The van der Waals surface area contributed by atoms with Gasteiger partial charge in [-0.2, -0.15) is 0 Å². The number of ether oxygens (including phenoxy) is 1. The quantitative estimate of drug-likeness (QED) is 0.205. The minimum absolute atomic E-state index is 0.105. The number of hydrogen-bond donors (Lipinski definition) is 1. The van der Waals surface area contributed by atoms with Crippen LogP contribution in [0.2, 0.25) is 0 Å². The molecule has 0 unspecified atom stereocenters. The number of imidazole rings is 1. The van der Waals surface area contributed by atoms with Gasteiger partial charge >= 0.3 is 6.09 Å². The Morgan fingerprint density at radius 3 is 2.39 bits per heavy atom. The van der Waals surface area contributed by atoms with E-state index in [1.165, 1.54) is 16.2 Å². The minimum Gasteiger partial charge on any atom is -0.494 e. The number of carbonyl (C=O) groups is 2. The SMILES string of the molecule is CCc1c(-c2nc3cc(C(=O)N4C[C@H]5CC[C@@H]4[C@@H]5N(Cc4ccccc4)C(=O)O)cc(OC)c3n2C)ccn1Cc1ccccc1. The van der Waals surface area contributed by atoms with Gasteiger partial charge in [-0.15, -0.1) is 0 Å². The molecule has 0 spiro atoms. The number of methoxy groups -OCH3 is 1. The number of amides is 2. The van der Waals surface area contributed by atoms with Crippen molar-refractivity contribution in [2.24, 2.45) is 13.0 Å². The number of aromatic nitrogens is 3. The summed E-state index contributed by atoms with van der Waals surface area (Å²) in [5.74, 6) is 1.40. The fraction of sp³-hybridized carbons (Fsp3) is 0.324. The summed E-state index contributed by atoms with van der Waals surface area (Å²) < 4.78 is 10.2. The molecule has 236 valence electrons. The normalized spacial score (nSPS) is 18.8. The molecule has 2 amide bonds. The van der Waals surface area contributed by atoms with Crippen molar-refractivity contribution in [3.63, 3.8) is 0 Å². The Kier molecular flexibility index (Phi) is 7.76. The summed E-state index contributed by atoms with van der Waals surface area (Å²) in [5, 5.41) is 10.2. The lowest BCUT2D eigenvalue weighted by molar-refractivity contribution is 0.0663. The highest BCUT2D eigenvalue weighted by Gasteiger charge is 2.52. The predicted octanol–water partition coefficient (Wildman–Crippen LogP) is 6.44. The van der Waals surface area contributed by atoms with Crippen LogP contribution in [-0.4, -0.2) is 66.8 Å². The van der Waals surface area contributed by atoms with Crippen molar-refractivity contribution in [1.29, 1.82) is 0 Å². The third kappa shape index (κ3) is 5.09. The fourth-order valence-electron chi connectivity index (χ4n) is 7.77. The molecule has 3 aromatic carbocycles. The second-order valence-electron chi connectivity index (χ2n) is 12.4. The second kappa shape index (κ2) is 12.0. The highest BCUT2D eigenvalue weighted by Crippen LogP contribution is 2.43. The number of nitrogens with zero attached hydrogens (tertiary/aromatic N) is 5. The maximum atomic E-state index is 14.2. The van der Waals surface area contributed by atoms with E-state index in [0.717, 1.165) is 48.3 Å². The molecule has 3 atom stereocenters. The van der Waals surface area contributed by atoms with Gasteiger partial charge in [-0.3, -0.25) is 9.69 Å². The van der Waals surface area contributed by atoms with E-state index in [4.69, 9.17) is 9.72 Å². The van der Waals surface area contributed by atoms with Gasteiger partial charge < -0.3 is 23.9 Å². The topological polar surface area (TPSA) is 92.8 Å². The Hall–Kier alpha value is -5.05.